The number of aromatic nitrogens is 5. The lowest BCUT2D eigenvalue weighted by Crippen LogP contribution is -2.37. The highest BCUT2D eigenvalue weighted by Crippen LogP contribution is 2.33. The third kappa shape index (κ3) is 4.27. The monoisotopic (exact) mass is 450 g/mol. The molecule has 2 fully saturated rings. The number of aryl methyl sites for hydroxylation is 1. The molecule has 2 aliphatic heterocycles. The van der Waals surface area contributed by atoms with Crippen molar-refractivity contribution in [1.82, 2.24) is 29.6 Å². The lowest BCUT2D eigenvalue weighted by Gasteiger charge is -2.33. The first kappa shape index (κ1) is 22.0. The maximum atomic E-state index is 6.26. The van der Waals surface area contributed by atoms with Crippen LogP contribution in [0.5, 0.6) is 0 Å². The van der Waals surface area contributed by atoms with Gasteiger partial charge in [0.25, 0.3) is 0 Å². The van der Waals surface area contributed by atoms with Crippen molar-refractivity contribution < 1.29 is 4.74 Å². The second-order valence-electron chi connectivity index (χ2n) is 9.30. The Morgan fingerprint density at radius 1 is 1.09 bits per heavy atom. The largest absolute Gasteiger partial charge is 0.382 e. The molecule has 0 aliphatic carbocycles. The topological polar surface area (TPSA) is 98.2 Å². The number of piperidine rings is 1. The van der Waals surface area contributed by atoms with Crippen molar-refractivity contribution in [2.75, 3.05) is 51.0 Å². The molecule has 3 aromatic rings. The second-order valence-corrected chi connectivity index (χ2v) is 9.30. The third-order valence-electron chi connectivity index (χ3n) is 7.16. The molecule has 2 saturated heterocycles. The molecule has 0 atom stereocenters. The summed E-state index contributed by atoms with van der Waals surface area (Å²) in [6, 6.07) is 0.821. The molecule has 0 radical (unpaired) electrons. The molecule has 9 nitrogen and oxygen atoms in total. The molecule has 5 rings (SSSR count). The quantitative estimate of drug-likeness (QED) is 0.634. The third-order valence-corrected chi connectivity index (χ3v) is 7.16. The van der Waals surface area contributed by atoms with Gasteiger partial charge in [-0.25, -0.2) is 15.0 Å². The van der Waals surface area contributed by atoms with E-state index in [0.29, 0.717) is 23.4 Å². The van der Waals surface area contributed by atoms with Crippen molar-refractivity contribution in [3.8, 4) is 11.1 Å². The summed E-state index contributed by atoms with van der Waals surface area (Å²) in [5.74, 6) is 1.34. The predicted octanol–water partition coefficient (Wildman–Crippen LogP) is 2.91. The van der Waals surface area contributed by atoms with E-state index in [2.05, 4.69) is 46.7 Å². The number of ether oxygens (including phenoxy) is 1. The molecular formula is C24H34N8O. The zero-order valence-electron chi connectivity index (χ0n) is 19.9. The Kier molecular flexibility index (Phi) is 6.16. The summed E-state index contributed by atoms with van der Waals surface area (Å²) in [7, 11) is 4.29. The van der Waals surface area contributed by atoms with Crippen LogP contribution in [0.3, 0.4) is 0 Å². The maximum Gasteiger partial charge on any atom is 0.151 e. The molecule has 2 aliphatic rings. The zero-order chi connectivity index (χ0) is 22.9. The Morgan fingerprint density at radius 3 is 2.58 bits per heavy atom. The first-order chi connectivity index (χ1) is 16.0. The van der Waals surface area contributed by atoms with Crippen molar-refractivity contribution in [2.24, 2.45) is 0 Å². The van der Waals surface area contributed by atoms with Gasteiger partial charge >= 0.3 is 0 Å². The minimum absolute atomic E-state index is 0.394. The standard InChI is InChI=1S/C24H34N8O/c1-4-20-24(31(3)17-7-11-33-12-8-17)29-21-19(14-26-23(25)22(21)28-20)16-13-27-32(15-16)18-5-9-30(2)10-6-18/h13-15,17-18H,4-12H2,1-3H3,(H2,25,26). The van der Waals surface area contributed by atoms with Crippen LogP contribution in [0.1, 0.15) is 44.3 Å². The maximum absolute atomic E-state index is 6.26. The summed E-state index contributed by atoms with van der Waals surface area (Å²) in [5, 5.41) is 4.70. The number of fused-ring (bicyclic) bond motifs is 1. The van der Waals surface area contributed by atoms with Gasteiger partial charge in [0.05, 0.1) is 17.9 Å². The van der Waals surface area contributed by atoms with E-state index in [0.717, 1.165) is 86.6 Å². The lowest BCUT2D eigenvalue weighted by molar-refractivity contribution is 0.0853. The molecule has 2 N–H and O–H groups in total. The van der Waals surface area contributed by atoms with Gasteiger partial charge in [-0.05, 0) is 52.2 Å². The van der Waals surface area contributed by atoms with E-state index >= 15 is 0 Å². The van der Waals surface area contributed by atoms with Crippen LogP contribution in [-0.4, -0.2) is 76.1 Å². The molecule has 176 valence electrons. The van der Waals surface area contributed by atoms with Crippen LogP contribution in [-0.2, 0) is 11.2 Å². The van der Waals surface area contributed by atoms with E-state index in [4.69, 9.17) is 25.5 Å². The van der Waals surface area contributed by atoms with Crippen LogP contribution in [0, 0.1) is 0 Å². The highest BCUT2D eigenvalue weighted by atomic mass is 16.5. The van der Waals surface area contributed by atoms with Crippen LogP contribution in [0.25, 0.3) is 22.2 Å². The molecule has 33 heavy (non-hydrogen) atoms. The molecule has 0 amide bonds. The van der Waals surface area contributed by atoms with E-state index in [1.54, 1.807) is 0 Å². The highest BCUT2D eigenvalue weighted by Gasteiger charge is 2.25. The van der Waals surface area contributed by atoms with E-state index < -0.39 is 0 Å². The fourth-order valence-corrected chi connectivity index (χ4v) is 5.00. The van der Waals surface area contributed by atoms with Crippen molar-refractivity contribution in [2.45, 2.75) is 51.1 Å². The van der Waals surface area contributed by atoms with Crippen LogP contribution >= 0.6 is 0 Å². The van der Waals surface area contributed by atoms with E-state index in [9.17, 15) is 0 Å². The van der Waals surface area contributed by atoms with Gasteiger partial charge in [0.2, 0.25) is 0 Å². The van der Waals surface area contributed by atoms with Crippen LogP contribution in [0.15, 0.2) is 18.6 Å². The second kappa shape index (κ2) is 9.23. The van der Waals surface area contributed by atoms with Gasteiger partial charge in [-0.3, -0.25) is 4.68 Å². The van der Waals surface area contributed by atoms with Crippen molar-refractivity contribution in [3.63, 3.8) is 0 Å². The fourth-order valence-electron chi connectivity index (χ4n) is 5.00. The molecule has 0 aromatic carbocycles. The molecular weight excluding hydrogens is 416 g/mol. The fraction of sp³-hybridized carbons (Fsp3) is 0.583. The van der Waals surface area contributed by atoms with Crippen LogP contribution < -0.4 is 10.6 Å². The number of pyridine rings is 1. The summed E-state index contributed by atoms with van der Waals surface area (Å²) in [4.78, 5) is 19.2. The average molecular weight is 451 g/mol. The van der Waals surface area contributed by atoms with E-state index in [-0.39, 0.29) is 0 Å². The Labute approximate surface area is 195 Å². The van der Waals surface area contributed by atoms with Gasteiger partial charge in [-0.2, -0.15) is 5.10 Å². The van der Waals surface area contributed by atoms with Gasteiger partial charge in [0.15, 0.2) is 11.6 Å². The van der Waals surface area contributed by atoms with E-state index in [1.807, 2.05) is 12.4 Å². The molecule has 3 aromatic heterocycles. The molecule has 0 spiro atoms. The van der Waals surface area contributed by atoms with Gasteiger partial charge in [-0.15, -0.1) is 0 Å². The first-order valence-electron chi connectivity index (χ1n) is 12.0. The summed E-state index contributed by atoms with van der Waals surface area (Å²) in [5.41, 5.74) is 10.6. The zero-order valence-corrected chi connectivity index (χ0v) is 19.9. The molecule has 0 unspecified atom stereocenters. The molecule has 9 heteroatoms. The number of nitrogens with two attached hydrogens (primary N) is 1. The Hall–Kier alpha value is -2.78. The van der Waals surface area contributed by atoms with Gasteiger partial charge < -0.3 is 20.3 Å². The number of nitrogen functional groups attached to an aromatic ring is 1. The Bertz CT molecular complexity index is 1120. The number of likely N-dealkylation sites (tertiary alicyclic amines) is 1. The summed E-state index contributed by atoms with van der Waals surface area (Å²) in [6.07, 6.45) is 10.8. The van der Waals surface area contributed by atoms with Crippen molar-refractivity contribution in [3.05, 3.63) is 24.3 Å². The normalized spacial score (nSPS) is 18.8. The number of rotatable bonds is 5. The Morgan fingerprint density at radius 2 is 1.85 bits per heavy atom. The van der Waals surface area contributed by atoms with Crippen molar-refractivity contribution in [1.29, 1.82) is 0 Å². The minimum atomic E-state index is 0.394. The van der Waals surface area contributed by atoms with E-state index in [1.165, 1.54) is 0 Å². The molecule has 5 heterocycles. The summed E-state index contributed by atoms with van der Waals surface area (Å²) >= 11 is 0. The van der Waals surface area contributed by atoms with Crippen molar-refractivity contribution >= 4 is 22.7 Å². The number of nitrogens with zero attached hydrogens (tertiary/aromatic N) is 7. The van der Waals surface area contributed by atoms with Gasteiger partial charge in [-0.1, -0.05) is 6.92 Å². The number of hydrogen-bond donors (Lipinski definition) is 1. The first-order valence-corrected chi connectivity index (χ1v) is 12.0. The Balaban J connectivity index is 1.55. The predicted molar refractivity (Wildman–Crippen MR) is 130 cm³/mol. The minimum Gasteiger partial charge on any atom is -0.382 e. The summed E-state index contributed by atoms with van der Waals surface area (Å²) < 4.78 is 7.67. The average Bonchev–Trinajstić information content (AvgIpc) is 3.34. The van der Waals surface area contributed by atoms with Gasteiger partial charge in [0.1, 0.15) is 11.0 Å². The molecule has 0 saturated carbocycles. The SMILES string of the molecule is CCc1nc2c(N)ncc(-c3cnn(C4CCN(C)CC4)c3)c2nc1N(C)C1CCOCC1. The van der Waals surface area contributed by atoms with Gasteiger partial charge in [0, 0.05) is 49.8 Å². The lowest BCUT2D eigenvalue weighted by atomic mass is 10.1. The summed E-state index contributed by atoms with van der Waals surface area (Å²) in [6.45, 7) is 5.88. The number of hydrogen-bond acceptors (Lipinski definition) is 8. The molecule has 0 bridgehead atoms. The smallest absolute Gasteiger partial charge is 0.151 e. The van der Waals surface area contributed by atoms with Crippen LogP contribution in [0.4, 0.5) is 11.6 Å². The number of anilines is 2. The van der Waals surface area contributed by atoms with Crippen LogP contribution in [0.2, 0.25) is 0 Å². The highest BCUT2D eigenvalue weighted by molar-refractivity contribution is 5.96.